The predicted molar refractivity (Wildman–Crippen MR) is 75.6 cm³/mol. The largest absolute Gasteiger partial charge is 0.464 e. The van der Waals surface area contributed by atoms with E-state index in [-0.39, 0.29) is 0 Å². The van der Waals surface area contributed by atoms with Crippen molar-refractivity contribution in [3.8, 4) is 0 Å². The fourth-order valence-corrected chi connectivity index (χ4v) is 3.09. The van der Waals surface area contributed by atoms with Crippen LogP contribution in [0.15, 0.2) is 16.5 Å². The monoisotopic (exact) mass is 249 g/mol. The molecule has 0 saturated heterocycles. The number of rotatable bonds is 5. The van der Waals surface area contributed by atoms with Gasteiger partial charge in [0, 0.05) is 6.42 Å². The van der Waals surface area contributed by atoms with E-state index in [9.17, 15) is 0 Å². The van der Waals surface area contributed by atoms with Crippen molar-refractivity contribution in [2.75, 3.05) is 6.54 Å². The van der Waals surface area contributed by atoms with Gasteiger partial charge in [-0.05, 0) is 43.4 Å². The van der Waals surface area contributed by atoms with Gasteiger partial charge in [-0.2, -0.15) is 0 Å². The molecule has 1 aliphatic rings. The van der Waals surface area contributed by atoms with Crippen LogP contribution in [0.4, 0.5) is 0 Å². The Bertz CT molecular complexity index is 350. The second kappa shape index (κ2) is 6.42. The molecular weight excluding hydrogens is 222 g/mol. The highest BCUT2D eigenvalue weighted by atomic mass is 16.3. The minimum atomic E-state index is 0.419. The summed E-state index contributed by atoms with van der Waals surface area (Å²) in [5.41, 5.74) is 0. The molecule has 0 bridgehead atoms. The number of hydrogen-bond acceptors (Lipinski definition) is 2. The SMILES string of the molecule is CCNC(c1ccc(CC)o1)C1CCC(C)CC1. The molecule has 1 unspecified atom stereocenters. The van der Waals surface area contributed by atoms with E-state index in [1.54, 1.807) is 0 Å². The molecule has 1 fully saturated rings. The van der Waals surface area contributed by atoms with Crippen molar-refractivity contribution in [2.45, 2.75) is 58.9 Å². The molecule has 1 aromatic rings. The van der Waals surface area contributed by atoms with Gasteiger partial charge >= 0.3 is 0 Å². The van der Waals surface area contributed by atoms with E-state index in [0.717, 1.165) is 36.3 Å². The van der Waals surface area contributed by atoms with Crippen molar-refractivity contribution in [1.82, 2.24) is 5.32 Å². The Morgan fingerprint density at radius 1 is 1.22 bits per heavy atom. The summed E-state index contributed by atoms with van der Waals surface area (Å²) in [6.45, 7) is 7.72. The van der Waals surface area contributed by atoms with Crippen molar-refractivity contribution in [3.63, 3.8) is 0 Å². The maximum Gasteiger partial charge on any atom is 0.121 e. The molecule has 1 heterocycles. The normalized spacial score (nSPS) is 26.2. The van der Waals surface area contributed by atoms with Crippen molar-refractivity contribution in [3.05, 3.63) is 23.7 Å². The van der Waals surface area contributed by atoms with Gasteiger partial charge in [0.05, 0.1) is 6.04 Å². The molecule has 1 atom stereocenters. The summed E-state index contributed by atoms with van der Waals surface area (Å²) in [6, 6.07) is 4.72. The van der Waals surface area contributed by atoms with Crippen LogP contribution >= 0.6 is 0 Å². The van der Waals surface area contributed by atoms with Gasteiger partial charge in [-0.3, -0.25) is 0 Å². The fraction of sp³-hybridized carbons (Fsp3) is 0.750. The van der Waals surface area contributed by atoms with Crippen molar-refractivity contribution in [2.24, 2.45) is 11.8 Å². The third-order valence-electron chi connectivity index (χ3n) is 4.29. The van der Waals surface area contributed by atoms with Crippen LogP contribution in [-0.2, 0) is 6.42 Å². The summed E-state index contributed by atoms with van der Waals surface area (Å²) >= 11 is 0. The molecule has 102 valence electrons. The number of furan rings is 1. The average Bonchev–Trinajstić information content (AvgIpc) is 2.86. The van der Waals surface area contributed by atoms with E-state index in [4.69, 9.17) is 4.42 Å². The summed E-state index contributed by atoms with van der Waals surface area (Å²) in [6.07, 6.45) is 6.39. The zero-order valence-corrected chi connectivity index (χ0v) is 12.0. The van der Waals surface area contributed by atoms with Gasteiger partial charge in [-0.15, -0.1) is 0 Å². The van der Waals surface area contributed by atoms with Gasteiger partial charge < -0.3 is 9.73 Å². The lowest BCUT2D eigenvalue weighted by Crippen LogP contribution is -2.30. The quantitative estimate of drug-likeness (QED) is 0.840. The lowest BCUT2D eigenvalue weighted by Gasteiger charge is -2.32. The minimum absolute atomic E-state index is 0.419. The first kappa shape index (κ1) is 13.7. The average molecular weight is 249 g/mol. The second-order valence-corrected chi connectivity index (χ2v) is 5.71. The van der Waals surface area contributed by atoms with Crippen LogP contribution in [0.25, 0.3) is 0 Å². The van der Waals surface area contributed by atoms with Crippen LogP contribution < -0.4 is 5.32 Å². The van der Waals surface area contributed by atoms with Crippen molar-refractivity contribution < 1.29 is 4.42 Å². The predicted octanol–water partition coefficient (Wildman–Crippen LogP) is 4.32. The molecule has 0 aromatic carbocycles. The van der Waals surface area contributed by atoms with Crippen LogP contribution in [-0.4, -0.2) is 6.54 Å². The standard InChI is InChI=1S/C16H27NO/c1-4-14-10-11-15(18-14)16(17-5-2)13-8-6-12(3)7-9-13/h10-13,16-17H,4-9H2,1-3H3. The first-order chi connectivity index (χ1) is 8.74. The molecule has 0 amide bonds. The van der Waals surface area contributed by atoms with Crippen LogP contribution in [0.3, 0.4) is 0 Å². The molecule has 18 heavy (non-hydrogen) atoms. The Kier molecular flexibility index (Phi) is 4.87. The van der Waals surface area contributed by atoms with E-state index in [1.807, 2.05) is 0 Å². The van der Waals surface area contributed by atoms with Gasteiger partial charge in [0.15, 0.2) is 0 Å². The molecule has 2 rings (SSSR count). The van der Waals surface area contributed by atoms with E-state index >= 15 is 0 Å². The third kappa shape index (κ3) is 3.17. The molecular formula is C16H27NO. The fourth-order valence-electron chi connectivity index (χ4n) is 3.09. The first-order valence-corrected chi connectivity index (χ1v) is 7.56. The highest BCUT2D eigenvalue weighted by Crippen LogP contribution is 2.37. The van der Waals surface area contributed by atoms with Crippen LogP contribution in [0.1, 0.15) is 64.0 Å². The molecule has 1 aliphatic carbocycles. The van der Waals surface area contributed by atoms with E-state index in [2.05, 4.69) is 38.2 Å². The molecule has 1 N–H and O–H groups in total. The first-order valence-electron chi connectivity index (χ1n) is 7.56. The number of nitrogens with one attached hydrogen (secondary N) is 1. The van der Waals surface area contributed by atoms with Gasteiger partial charge in [-0.1, -0.05) is 33.6 Å². The Labute approximate surface area is 111 Å². The highest BCUT2D eigenvalue weighted by Gasteiger charge is 2.28. The molecule has 0 radical (unpaired) electrons. The highest BCUT2D eigenvalue weighted by molar-refractivity contribution is 5.12. The Morgan fingerprint density at radius 3 is 2.50 bits per heavy atom. The zero-order chi connectivity index (χ0) is 13.0. The minimum Gasteiger partial charge on any atom is -0.464 e. The molecule has 0 aliphatic heterocycles. The van der Waals surface area contributed by atoms with Gasteiger partial charge in [0.1, 0.15) is 11.5 Å². The summed E-state index contributed by atoms with van der Waals surface area (Å²) in [5.74, 6) is 3.91. The summed E-state index contributed by atoms with van der Waals surface area (Å²) in [7, 11) is 0. The van der Waals surface area contributed by atoms with Gasteiger partial charge in [0.2, 0.25) is 0 Å². The Balaban J connectivity index is 2.07. The van der Waals surface area contributed by atoms with Gasteiger partial charge in [0.25, 0.3) is 0 Å². The summed E-state index contributed by atoms with van der Waals surface area (Å²) in [5, 5.41) is 3.63. The lowest BCUT2D eigenvalue weighted by molar-refractivity contribution is 0.212. The molecule has 2 heteroatoms. The smallest absolute Gasteiger partial charge is 0.121 e. The molecule has 1 aromatic heterocycles. The Hall–Kier alpha value is -0.760. The zero-order valence-electron chi connectivity index (χ0n) is 12.0. The van der Waals surface area contributed by atoms with Crippen LogP contribution in [0.2, 0.25) is 0 Å². The van der Waals surface area contributed by atoms with E-state index < -0.39 is 0 Å². The molecule has 0 spiro atoms. The van der Waals surface area contributed by atoms with Crippen molar-refractivity contribution in [1.29, 1.82) is 0 Å². The second-order valence-electron chi connectivity index (χ2n) is 5.71. The van der Waals surface area contributed by atoms with Crippen LogP contribution in [0.5, 0.6) is 0 Å². The maximum absolute atomic E-state index is 5.97. The Morgan fingerprint density at radius 2 is 1.94 bits per heavy atom. The lowest BCUT2D eigenvalue weighted by atomic mass is 9.78. The summed E-state index contributed by atoms with van der Waals surface area (Å²) in [4.78, 5) is 0. The van der Waals surface area contributed by atoms with Crippen molar-refractivity contribution >= 4 is 0 Å². The third-order valence-corrected chi connectivity index (χ3v) is 4.29. The number of hydrogen-bond donors (Lipinski definition) is 1. The van der Waals surface area contributed by atoms with E-state index in [0.29, 0.717) is 6.04 Å². The number of aryl methyl sites for hydroxylation is 1. The maximum atomic E-state index is 5.97. The molecule has 1 saturated carbocycles. The van der Waals surface area contributed by atoms with Crippen LogP contribution in [0, 0.1) is 11.8 Å². The molecule has 2 nitrogen and oxygen atoms in total. The topological polar surface area (TPSA) is 25.2 Å². The summed E-state index contributed by atoms with van der Waals surface area (Å²) < 4.78 is 5.97. The van der Waals surface area contributed by atoms with Gasteiger partial charge in [-0.25, -0.2) is 0 Å². The van der Waals surface area contributed by atoms with E-state index in [1.165, 1.54) is 25.7 Å².